The number of hydrogen-bond donors (Lipinski definition) is 5. The smallest absolute Gasteiger partial charge is 0.328 e. The number of phenols is 1. The Hall–Kier alpha value is -4.97. The van der Waals surface area contributed by atoms with Crippen LogP contribution in [0.5, 0.6) is 5.75 Å². The molecule has 0 saturated carbocycles. The molecule has 5 N–H and O–H groups in total. The average molecular weight is 555 g/mol. The predicted molar refractivity (Wildman–Crippen MR) is 140 cm³/mol. The van der Waals surface area contributed by atoms with Crippen LogP contribution >= 0.6 is 11.6 Å². The number of aromatic hydroxyl groups is 1. The molecule has 0 aliphatic heterocycles. The van der Waals surface area contributed by atoms with E-state index in [9.17, 15) is 39.5 Å². The number of phenolic OH excluding ortho intramolecular Hbond substituents is 1. The Morgan fingerprint density at radius 1 is 0.949 bits per heavy atom. The molecule has 3 rings (SSSR count). The molecular weight excluding hydrogens is 532 g/mol. The van der Waals surface area contributed by atoms with Crippen molar-refractivity contribution < 1.29 is 34.3 Å². The Bertz CT molecular complexity index is 1460. The van der Waals surface area contributed by atoms with Crippen LogP contribution in [-0.2, 0) is 11.3 Å². The van der Waals surface area contributed by atoms with Gasteiger partial charge in [0.1, 0.15) is 11.8 Å². The summed E-state index contributed by atoms with van der Waals surface area (Å²) in [6.45, 7) is 1.01. The van der Waals surface area contributed by atoms with Crippen molar-refractivity contribution in [1.29, 1.82) is 0 Å². The molecule has 0 bridgehead atoms. The fourth-order valence-corrected chi connectivity index (χ4v) is 3.85. The summed E-state index contributed by atoms with van der Waals surface area (Å²) < 4.78 is 0. The number of carboxylic acids is 1. The molecule has 0 radical (unpaired) electrons. The molecule has 0 saturated heterocycles. The van der Waals surface area contributed by atoms with E-state index < -0.39 is 41.2 Å². The van der Waals surface area contributed by atoms with E-state index in [0.29, 0.717) is 5.56 Å². The van der Waals surface area contributed by atoms with Crippen LogP contribution in [0.25, 0.3) is 0 Å². The topological polar surface area (TPSA) is 188 Å². The molecular formula is C26H23ClN4O8. The third-order valence-electron chi connectivity index (χ3n) is 5.66. The van der Waals surface area contributed by atoms with Crippen LogP contribution in [0.1, 0.15) is 42.2 Å². The first-order chi connectivity index (χ1) is 18.5. The van der Waals surface area contributed by atoms with Gasteiger partial charge < -0.3 is 26.2 Å². The van der Waals surface area contributed by atoms with Gasteiger partial charge in [-0.15, -0.1) is 0 Å². The van der Waals surface area contributed by atoms with E-state index >= 15 is 0 Å². The summed E-state index contributed by atoms with van der Waals surface area (Å²) in [5.74, 6) is -3.50. The van der Waals surface area contributed by atoms with Gasteiger partial charge in [-0.25, -0.2) is 4.79 Å². The van der Waals surface area contributed by atoms with Crippen LogP contribution in [-0.4, -0.2) is 51.4 Å². The van der Waals surface area contributed by atoms with Crippen molar-refractivity contribution >= 4 is 41.0 Å². The molecule has 0 aliphatic carbocycles. The number of aliphatic carboxylic acids is 1. The zero-order valence-corrected chi connectivity index (χ0v) is 21.2. The molecule has 202 valence electrons. The van der Waals surface area contributed by atoms with Gasteiger partial charge in [0.25, 0.3) is 23.4 Å². The number of nitrogens with one attached hydrogen (secondary N) is 3. The van der Waals surface area contributed by atoms with Gasteiger partial charge in [0.2, 0.25) is 0 Å². The quantitative estimate of drug-likeness (QED) is 0.187. The minimum Gasteiger partial charge on any atom is -0.508 e. The lowest BCUT2D eigenvalue weighted by atomic mass is 10.1. The Kier molecular flexibility index (Phi) is 9.18. The number of nitro benzene ring substituents is 1. The SMILES string of the molecule is Cc1c(C(=O)NC[C@H](NC(=O)c2ccc(C(=O)NCc3cccc(O)c3)cc2Cl)C(=O)O)cccc1[N+](=O)[O-]. The number of carboxylic acid groups (broad SMARTS) is 1. The van der Waals surface area contributed by atoms with Crippen molar-refractivity contribution in [3.05, 3.63) is 104 Å². The highest BCUT2D eigenvalue weighted by Crippen LogP contribution is 2.21. The molecule has 0 spiro atoms. The third kappa shape index (κ3) is 7.29. The van der Waals surface area contributed by atoms with Crippen molar-refractivity contribution in [2.75, 3.05) is 6.54 Å². The van der Waals surface area contributed by atoms with Crippen molar-refractivity contribution in [1.82, 2.24) is 16.0 Å². The second kappa shape index (κ2) is 12.5. The van der Waals surface area contributed by atoms with Crippen LogP contribution in [0.4, 0.5) is 5.69 Å². The second-order valence-corrected chi connectivity index (χ2v) is 8.74. The lowest BCUT2D eigenvalue weighted by Gasteiger charge is -2.16. The van der Waals surface area contributed by atoms with Gasteiger partial charge in [0, 0.05) is 35.8 Å². The zero-order valence-electron chi connectivity index (χ0n) is 20.4. The predicted octanol–water partition coefficient (Wildman–Crippen LogP) is 2.81. The number of nitro groups is 1. The normalized spacial score (nSPS) is 11.2. The molecule has 3 aromatic rings. The second-order valence-electron chi connectivity index (χ2n) is 8.33. The number of carbonyl (C=O) groups excluding carboxylic acids is 3. The molecule has 12 nitrogen and oxygen atoms in total. The van der Waals surface area contributed by atoms with E-state index in [1.807, 2.05) is 0 Å². The number of benzene rings is 3. The van der Waals surface area contributed by atoms with Gasteiger partial charge in [-0.1, -0.05) is 29.8 Å². The van der Waals surface area contributed by atoms with Gasteiger partial charge in [0.15, 0.2) is 0 Å². The van der Waals surface area contributed by atoms with E-state index in [0.717, 1.165) is 0 Å². The van der Waals surface area contributed by atoms with Gasteiger partial charge in [-0.05, 0) is 48.9 Å². The molecule has 13 heteroatoms. The molecule has 3 aromatic carbocycles. The number of halogens is 1. The maximum atomic E-state index is 12.7. The standard InChI is InChI=1S/C26H23ClN4O8/c1-14-18(6-3-7-22(14)31(38)39)24(34)29-13-21(26(36)37)30-25(35)19-9-8-16(11-20(19)27)23(33)28-12-15-4-2-5-17(32)10-15/h2-11,21,32H,12-13H2,1H3,(H,28,33)(H,29,34)(H,30,35)(H,36,37)/t21-/m0/s1. The van der Waals surface area contributed by atoms with Gasteiger partial charge in [0.05, 0.1) is 15.5 Å². The number of carbonyl (C=O) groups is 4. The maximum absolute atomic E-state index is 12.7. The van der Waals surface area contributed by atoms with Crippen molar-refractivity contribution in [3.8, 4) is 5.75 Å². The molecule has 39 heavy (non-hydrogen) atoms. The third-order valence-corrected chi connectivity index (χ3v) is 5.97. The summed E-state index contributed by atoms with van der Waals surface area (Å²) >= 11 is 6.19. The number of amides is 3. The Balaban J connectivity index is 1.64. The monoisotopic (exact) mass is 554 g/mol. The minimum atomic E-state index is -1.55. The van der Waals surface area contributed by atoms with Crippen molar-refractivity contribution in [2.24, 2.45) is 0 Å². The molecule has 0 unspecified atom stereocenters. The highest BCUT2D eigenvalue weighted by atomic mass is 35.5. The van der Waals surface area contributed by atoms with Crippen LogP contribution in [0.15, 0.2) is 60.7 Å². The first-order valence-electron chi connectivity index (χ1n) is 11.4. The van der Waals surface area contributed by atoms with Crippen LogP contribution in [0.2, 0.25) is 5.02 Å². The molecule has 1 atom stereocenters. The summed E-state index contributed by atoms with van der Waals surface area (Å²) in [7, 11) is 0. The highest BCUT2D eigenvalue weighted by Gasteiger charge is 2.24. The van der Waals surface area contributed by atoms with E-state index in [1.54, 1.807) is 12.1 Å². The zero-order chi connectivity index (χ0) is 28.7. The molecule has 0 aromatic heterocycles. The number of rotatable bonds is 10. The lowest BCUT2D eigenvalue weighted by molar-refractivity contribution is -0.385. The average Bonchev–Trinajstić information content (AvgIpc) is 2.89. The molecule has 0 aliphatic rings. The molecule has 0 heterocycles. The largest absolute Gasteiger partial charge is 0.508 e. The Labute approximate surface area is 226 Å². The fraction of sp³-hybridized carbons (Fsp3) is 0.154. The van der Waals surface area contributed by atoms with Crippen molar-refractivity contribution in [3.63, 3.8) is 0 Å². The van der Waals surface area contributed by atoms with Gasteiger partial charge >= 0.3 is 5.97 Å². The summed E-state index contributed by atoms with van der Waals surface area (Å²) in [4.78, 5) is 59.9. The Morgan fingerprint density at radius 2 is 1.67 bits per heavy atom. The first-order valence-corrected chi connectivity index (χ1v) is 11.8. The molecule has 3 amide bonds. The van der Waals surface area contributed by atoms with E-state index in [-0.39, 0.29) is 45.3 Å². The summed E-state index contributed by atoms with van der Waals surface area (Å²) in [5, 5.41) is 37.3. The highest BCUT2D eigenvalue weighted by molar-refractivity contribution is 6.34. The van der Waals surface area contributed by atoms with E-state index in [4.69, 9.17) is 11.6 Å². The van der Waals surface area contributed by atoms with E-state index in [2.05, 4.69) is 16.0 Å². The van der Waals surface area contributed by atoms with Crippen LogP contribution in [0.3, 0.4) is 0 Å². The Morgan fingerprint density at radius 3 is 2.31 bits per heavy atom. The maximum Gasteiger partial charge on any atom is 0.328 e. The fourth-order valence-electron chi connectivity index (χ4n) is 3.58. The summed E-state index contributed by atoms with van der Waals surface area (Å²) in [6, 6.07) is 12.5. The number of nitrogens with zero attached hydrogens (tertiary/aromatic N) is 1. The van der Waals surface area contributed by atoms with E-state index in [1.165, 1.54) is 55.5 Å². The van der Waals surface area contributed by atoms with Crippen LogP contribution < -0.4 is 16.0 Å². The summed E-state index contributed by atoms with van der Waals surface area (Å²) in [5.41, 5.74) is 0.531. The van der Waals surface area contributed by atoms with Gasteiger partial charge in [-0.2, -0.15) is 0 Å². The number of hydrogen-bond acceptors (Lipinski definition) is 7. The lowest BCUT2D eigenvalue weighted by Crippen LogP contribution is -2.48. The van der Waals surface area contributed by atoms with Crippen LogP contribution in [0, 0.1) is 17.0 Å². The summed E-state index contributed by atoms with van der Waals surface area (Å²) in [6.07, 6.45) is 0. The molecule has 0 fully saturated rings. The first kappa shape index (κ1) is 28.6. The van der Waals surface area contributed by atoms with Gasteiger partial charge in [-0.3, -0.25) is 24.5 Å². The minimum absolute atomic E-state index is 0.0133. The van der Waals surface area contributed by atoms with Crippen molar-refractivity contribution in [2.45, 2.75) is 19.5 Å².